The Morgan fingerprint density at radius 3 is 2.00 bits per heavy atom. The molecule has 0 aliphatic carbocycles. The fraction of sp³-hybridized carbons (Fsp3) is 0.632. The first-order valence-electron chi connectivity index (χ1n) is 9.14. The average molecular weight is 334 g/mol. The number of nitrogens with zero attached hydrogens (tertiary/aromatic N) is 2. The van der Waals surface area contributed by atoms with E-state index in [0.29, 0.717) is 13.1 Å². The summed E-state index contributed by atoms with van der Waals surface area (Å²) in [7, 11) is 0. The second-order valence-corrected chi connectivity index (χ2v) is 6.19. The number of nitro groups is 1. The van der Waals surface area contributed by atoms with E-state index in [2.05, 4.69) is 13.8 Å². The standard InChI is InChI=1S/C19H30N2O3/c1-3-5-7-11-15-20(16-12-8-6-4-2)19(22)17-13-9-10-14-18(17)21(23)24/h9-10,13-14H,3-8,11-12,15-16H2,1-2H3. The Kier molecular flexibility index (Phi) is 9.73. The summed E-state index contributed by atoms with van der Waals surface area (Å²) < 4.78 is 0. The maximum Gasteiger partial charge on any atom is 0.282 e. The quantitative estimate of drug-likeness (QED) is 0.300. The van der Waals surface area contributed by atoms with Gasteiger partial charge in [-0.2, -0.15) is 0 Å². The van der Waals surface area contributed by atoms with Crippen LogP contribution in [0.3, 0.4) is 0 Å². The van der Waals surface area contributed by atoms with Gasteiger partial charge in [0.25, 0.3) is 11.6 Å². The lowest BCUT2D eigenvalue weighted by molar-refractivity contribution is -0.385. The molecule has 0 spiro atoms. The van der Waals surface area contributed by atoms with Gasteiger partial charge in [0.05, 0.1) is 4.92 Å². The molecule has 0 aliphatic rings. The Hall–Kier alpha value is -1.91. The Labute approximate surface area is 145 Å². The first-order valence-corrected chi connectivity index (χ1v) is 9.14. The number of hydrogen-bond donors (Lipinski definition) is 0. The van der Waals surface area contributed by atoms with Crippen LogP contribution < -0.4 is 0 Å². The predicted octanol–water partition coefficient (Wildman–Crippen LogP) is 5.20. The minimum atomic E-state index is -0.473. The van der Waals surface area contributed by atoms with Crippen molar-refractivity contribution in [3.63, 3.8) is 0 Å². The van der Waals surface area contributed by atoms with Crippen LogP contribution in [0.2, 0.25) is 0 Å². The van der Waals surface area contributed by atoms with Crippen molar-refractivity contribution >= 4 is 11.6 Å². The van der Waals surface area contributed by atoms with Crippen LogP contribution in [0.1, 0.15) is 75.6 Å². The van der Waals surface area contributed by atoms with E-state index in [1.807, 2.05) is 0 Å². The van der Waals surface area contributed by atoms with E-state index in [1.165, 1.54) is 6.07 Å². The molecule has 0 N–H and O–H groups in total. The predicted molar refractivity (Wildman–Crippen MR) is 97.3 cm³/mol. The number of unbranched alkanes of at least 4 members (excludes halogenated alkanes) is 6. The maximum absolute atomic E-state index is 12.8. The Morgan fingerprint density at radius 1 is 0.958 bits per heavy atom. The zero-order valence-electron chi connectivity index (χ0n) is 15.0. The Bertz CT molecular complexity index is 505. The van der Waals surface area contributed by atoms with Crippen LogP contribution >= 0.6 is 0 Å². The molecule has 1 aromatic rings. The summed E-state index contributed by atoms with van der Waals surface area (Å²) in [6.45, 7) is 5.66. The summed E-state index contributed by atoms with van der Waals surface area (Å²) in [5.74, 6) is -0.213. The molecule has 0 unspecified atom stereocenters. The number of benzene rings is 1. The van der Waals surface area contributed by atoms with Crippen molar-refractivity contribution in [3.05, 3.63) is 39.9 Å². The summed E-state index contributed by atoms with van der Waals surface area (Å²) in [4.78, 5) is 25.3. The fourth-order valence-electron chi connectivity index (χ4n) is 2.76. The van der Waals surface area contributed by atoms with Gasteiger partial charge in [0.2, 0.25) is 0 Å². The molecule has 0 heterocycles. The fourth-order valence-corrected chi connectivity index (χ4v) is 2.76. The molecule has 0 saturated carbocycles. The third kappa shape index (κ3) is 6.69. The minimum Gasteiger partial charge on any atom is -0.338 e. The molecule has 1 aromatic carbocycles. The van der Waals surface area contributed by atoms with E-state index in [-0.39, 0.29) is 17.2 Å². The number of hydrogen-bond acceptors (Lipinski definition) is 3. The molecule has 0 aromatic heterocycles. The molecule has 0 bridgehead atoms. The van der Waals surface area contributed by atoms with Gasteiger partial charge in [-0.05, 0) is 18.9 Å². The first kappa shape index (κ1) is 20.1. The lowest BCUT2D eigenvalue weighted by atomic mass is 10.1. The van der Waals surface area contributed by atoms with E-state index < -0.39 is 4.92 Å². The molecule has 1 rings (SSSR count). The topological polar surface area (TPSA) is 63.5 Å². The minimum absolute atomic E-state index is 0.102. The van der Waals surface area contributed by atoms with Crippen LogP contribution in [0.4, 0.5) is 5.69 Å². The third-order valence-electron chi connectivity index (χ3n) is 4.18. The Morgan fingerprint density at radius 2 is 1.50 bits per heavy atom. The van der Waals surface area contributed by atoms with Gasteiger partial charge in [-0.3, -0.25) is 14.9 Å². The monoisotopic (exact) mass is 334 g/mol. The molecule has 0 atom stereocenters. The van der Waals surface area contributed by atoms with Crippen molar-refractivity contribution in [2.24, 2.45) is 0 Å². The highest BCUT2D eigenvalue weighted by Gasteiger charge is 2.23. The second-order valence-electron chi connectivity index (χ2n) is 6.19. The normalized spacial score (nSPS) is 10.6. The highest BCUT2D eigenvalue weighted by molar-refractivity contribution is 5.98. The molecule has 0 aliphatic heterocycles. The van der Waals surface area contributed by atoms with Crippen molar-refractivity contribution < 1.29 is 9.72 Å². The lowest BCUT2D eigenvalue weighted by Crippen LogP contribution is -2.33. The maximum atomic E-state index is 12.8. The van der Waals surface area contributed by atoms with Crippen LogP contribution in [0.25, 0.3) is 0 Å². The molecule has 5 nitrogen and oxygen atoms in total. The van der Waals surface area contributed by atoms with E-state index in [0.717, 1.165) is 51.4 Å². The highest BCUT2D eigenvalue weighted by Crippen LogP contribution is 2.20. The van der Waals surface area contributed by atoms with Crippen LogP contribution in [-0.4, -0.2) is 28.8 Å². The van der Waals surface area contributed by atoms with Crippen molar-refractivity contribution in [1.29, 1.82) is 0 Å². The summed E-state index contributed by atoms with van der Waals surface area (Å²) >= 11 is 0. The lowest BCUT2D eigenvalue weighted by Gasteiger charge is -2.23. The van der Waals surface area contributed by atoms with Gasteiger partial charge >= 0.3 is 0 Å². The van der Waals surface area contributed by atoms with Crippen LogP contribution in [0, 0.1) is 10.1 Å². The number of amides is 1. The van der Waals surface area contributed by atoms with Gasteiger partial charge in [0.1, 0.15) is 5.56 Å². The number of nitro benzene ring substituents is 1. The average Bonchev–Trinajstić information content (AvgIpc) is 2.59. The smallest absolute Gasteiger partial charge is 0.282 e. The molecule has 0 fully saturated rings. The van der Waals surface area contributed by atoms with Gasteiger partial charge < -0.3 is 4.90 Å². The molecule has 0 saturated heterocycles. The molecule has 0 radical (unpaired) electrons. The van der Waals surface area contributed by atoms with E-state index >= 15 is 0 Å². The SMILES string of the molecule is CCCCCCN(CCCCCC)C(=O)c1ccccc1[N+](=O)[O-]. The van der Waals surface area contributed by atoms with Crippen molar-refractivity contribution in [2.75, 3.05) is 13.1 Å². The summed E-state index contributed by atoms with van der Waals surface area (Å²) in [6.07, 6.45) is 8.69. The second kappa shape index (κ2) is 11.6. The summed E-state index contributed by atoms with van der Waals surface area (Å²) in [5, 5.41) is 11.2. The van der Waals surface area contributed by atoms with Crippen LogP contribution in [-0.2, 0) is 0 Å². The van der Waals surface area contributed by atoms with Crippen LogP contribution in [0.15, 0.2) is 24.3 Å². The van der Waals surface area contributed by atoms with Crippen molar-refractivity contribution in [2.45, 2.75) is 65.2 Å². The molecular formula is C19H30N2O3. The van der Waals surface area contributed by atoms with E-state index in [4.69, 9.17) is 0 Å². The van der Waals surface area contributed by atoms with Gasteiger partial charge in [0, 0.05) is 19.2 Å². The van der Waals surface area contributed by atoms with E-state index in [9.17, 15) is 14.9 Å². The number of rotatable bonds is 12. The molecule has 1 amide bonds. The number of carbonyl (C=O) groups excluding carboxylic acids is 1. The summed E-state index contributed by atoms with van der Waals surface area (Å²) in [6, 6.07) is 6.25. The number of carbonyl (C=O) groups is 1. The largest absolute Gasteiger partial charge is 0.338 e. The van der Waals surface area contributed by atoms with Gasteiger partial charge in [-0.25, -0.2) is 0 Å². The first-order chi connectivity index (χ1) is 11.6. The molecule has 5 heteroatoms. The van der Waals surface area contributed by atoms with Crippen molar-refractivity contribution in [3.8, 4) is 0 Å². The molecule has 134 valence electrons. The molecular weight excluding hydrogens is 304 g/mol. The number of para-hydroxylation sites is 1. The molecule has 24 heavy (non-hydrogen) atoms. The third-order valence-corrected chi connectivity index (χ3v) is 4.18. The Balaban J connectivity index is 2.79. The van der Waals surface area contributed by atoms with Crippen LogP contribution in [0.5, 0.6) is 0 Å². The van der Waals surface area contributed by atoms with Gasteiger partial charge in [-0.15, -0.1) is 0 Å². The zero-order chi connectivity index (χ0) is 17.8. The van der Waals surface area contributed by atoms with Gasteiger partial charge in [0.15, 0.2) is 0 Å². The van der Waals surface area contributed by atoms with E-state index in [1.54, 1.807) is 23.1 Å². The zero-order valence-corrected chi connectivity index (χ0v) is 15.0. The van der Waals surface area contributed by atoms with Crippen molar-refractivity contribution in [1.82, 2.24) is 4.90 Å². The summed E-state index contributed by atoms with van der Waals surface area (Å²) in [5.41, 5.74) is 0.100. The van der Waals surface area contributed by atoms with Gasteiger partial charge in [-0.1, -0.05) is 64.5 Å². The highest BCUT2D eigenvalue weighted by atomic mass is 16.6.